The highest BCUT2D eigenvalue weighted by Gasteiger charge is 2.11. The summed E-state index contributed by atoms with van der Waals surface area (Å²) in [5.41, 5.74) is 1.58. The molecule has 27 heavy (non-hydrogen) atoms. The van der Waals surface area contributed by atoms with Gasteiger partial charge in [-0.1, -0.05) is 23.7 Å². The van der Waals surface area contributed by atoms with Crippen LogP contribution in [-0.4, -0.2) is 22.0 Å². The van der Waals surface area contributed by atoms with Crippen molar-refractivity contribution in [2.24, 2.45) is 0 Å². The van der Waals surface area contributed by atoms with Gasteiger partial charge in [0.2, 0.25) is 0 Å². The summed E-state index contributed by atoms with van der Waals surface area (Å²) in [4.78, 5) is 0. The minimum absolute atomic E-state index is 0.268. The number of benzene rings is 2. The number of halogens is 3. The molecule has 0 saturated heterocycles. The Labute approximate surface area is 174 Å². The van der Waals surface area contributed by atoms with E-state index in [0.29, 0.717) is 33.9 Å². The van der Waals surface area contributed by atoms with Crippen molar-refractivity contribution in [3.63, 3.8) is 0 Å². The summed E-state index contributed by atoms with van der Waals surface area (Å²) in [6.07, 6.45) is 1.81. The molecule has 140 valence electrons. The van der Waals surface area contributed by atoms with Crippen LogP contribution in [0.4, 0.5) is 15.9 Å². The number of methoxy groups -OCH3 is 1. The SMILES string of the molecule is COc1ccc(Cl)cc1NC(=S)Nc1nn(Cc2ccc(F)cc2)cc1Br. The average molecular weight is 470 g/mol. The first-order chi connectivity index (χ1) is 12.9. The first-order valence-electron chi connectivity index (χ1n) is 7.83. The Hall–Kier alpha value is -2.16. The maximum atomic E-state index is 13.0. The largest absolute Gasteiger partial charge is 0.495 e. The van der Waals surface area contributed by atoms with Crippen molar-refractivity contribution in [1.82, 2.24) is 9.78 Å². The van der Waals surface area contributed by atoms with Gasteiger partial charge < -0.3 is 15.4 Å². The highest BCUT2D eigenvalue weighted by atomic mass is 79.9. The van der Waals surface area contributed by atoms with E-state index in [1.54, 1.807) is 42.1 Å². The van der Waals surface area contributed by atoms with E-state index in [4.69, 9.17) is 28.6 Å². The van der Waals surface area contributed by atoms with Crippen molar-refractivity contribution in [3.8, 4) is 5.75 Å². The van der Waals surface area contributed by atoms with Crippen molar-refractivity contribution in [2.75, 3.05) is 17.7 Å². The third kappa shape index (κ3) is 5.18. The summed E-state index contributed by atoms with van der Waals surface area (Å²) < 4.78 is 20.8. The van der Waals surface area contributed by atoms with Crippen LogP contribution >= 0.6 is 39.7 Å². The molecule has 0 spiro atoms. The summed E-state index contributed by atoms with van der Waals surface area (Å²) in [5.74, 6) is 0.899. The monoisotopic (exact) mass is 468 g/mol. The van der Waals surface area contributed by atoms with E-state index in [0.717, 1.165) is 10.0 Å². The normalized spacial score (nSPS) is 10.5. The number of anilines is 2. The Morgan fingerprint density at radius 1 is 1.26 bits per heavy atom. The van der Waals surface area contributed by atoms with Crippen LogP contribution in [-0.2, 0) is 6.54 Å². The first kappa shape index (κ1) is 19.6. The molecule has 9 heteroatoms. The molecule has 3 rings (SSSR count). The fraction of sp³-hybridized carbons (Fsp3) is 0.111. The standard InChI is InChI=1S/C18H15BrClFN4OS/c1-26-16-7-4-12(20)8-15(16)22-18(27)23-17-14(19)10-25(24-17)9-11-2-5-13(21)6-3-11/h2-8,10H,9H2,1H3,(H2,22,23,24,27). The number of hydrogen-bond acceptors (Lipinski definition) is 3. The van der Waals surface area contributed by atoms with Gasteiger partial charge in [-0.05, 0) is 64.0 Å². The van der Waals surface area contributed by atoms with Crippen molar-refractivity contribution in [1.29, 1.82) is 0 Å². The highest BCUT2D eigenvalue weighted by Crippen LogP contribution is 2.28. The molecule has 0 saturated carbocycles. The molecule has 0 fully saturated rings. The smallest absolute Gasteiger partial charge is 0.176 e. The molecule has 1 aromatic heterocycles. The number of thiocarbonyl (C=S) groups is 1. The lowest BCUT2D eigenvalue weighted by atomic mass is 10.2. The maximum absolute atomic E-state index is 13.0. The predicted octanol–water partition coefficient (Wildman–Crippen LogP) is 5.30. The van der Waals surface area contributed by atoms with Gasteiger partial charge in [-0.2, -0.15) is 5.10 Å². The van der Waals surface area contributed by atoms with Crippen LogP contribution in [0.15, 0.2) is 53.1 Å². The van der Waals surface area contributed by atoms with E-state index < -0.39 is 0 Å². The molecular weight excluding hydrogens is 455 g/mol. The molecule has 3 aromatic rings. The van der Waals surface area contributed by atoms with Gasteiger partial charge in [0.15, 0.2) is 10.9 Å². The first-order valence-corrected chi connectivity index (χ1v) is 9.41. The molecule has 0 aliphatic rings. The third-order valence-corrected chi connectivity index (χ3v) is 4.64. The molecule has 0 aliphatic carbocycles. The van der Waals surface area contributed by atoms with Gasteiger partial charge in [0.05, 0.1) is 23.8 Å². The van der Waals surface area contributed by atoms with Gasteiger partial charge in [0.25, 0.3) is 0 Å². The summed E-state index contributed by atoms with van der Waals surface area (Å²) in [5, 5.41) is 11.4. The maximum Gasteiger partial charge on any atom is 0.176 e. The summed E-state index contributed by atoms with van der Waals surface area (Å²) >= 11 is 14.8. The number of nitrogens with one attached hydrogen (secondary N) is 2. The lowest BCUT2D eigenvalue weighted by molar-refractivity contribution is 0.417. The van der Waals surface area contributed by atoms with E-state index in [9.17, 15) is 4.39 Å². The molecule has 2 aromatic carbocycles. The van der Waals surface area contributed by atoms with Crippen LogP contribution in [0.3, 0.4) is 0 Å². The zero-order chi connectivity index (χ0) is 19.4. The lowest BCUT2D eigenvalue weighted by Gasteiger charge is -2.13. The molecule has 2 N–H and O–H groups in total. The van der Waals surface area contributed by atoms with Crippen LogP contribution in [0.25, 0.3) is 0 Å². The van der Waals surface area contributed by atoms with E-state index in [2.05, 4.69) is 31.7 Å². The highest BCUT2D eigenvalue weighted by molar-refractivity contribution is 9.10. The molecule has 0 amide bonds. The second-order valence-electron chi connectivity index (χ2n) is 5.57. The van der Waals surface area contributed by atoms with E-state index in [1.165, 1.54) is 12.1 Å². The molecule has 0 unspecified atom stereocenters. The Morgan fingerprint density at radius 3 is 2.70 bits per heavy atom. The minimum atomic E-state index is -0.268. The Bertz CT molecular complexity index is 964. The third-order valence-electron chi connectivity index (χ3n) is 3.62. The molecule has 0 radical (unpaired) electrons. The van der Waals surface area contributed by atoms with Crippen molar-refractivity contribution < 1.29 is 9.13 Å². The number of hydrogen-bond donors (Lipinski definition) is 2. The van der Waals surface area contributed by atoms with Gasteiger partial charge in [-0.25, -0.2) is 4.39 Å². The number of nitrogens with zero attached hydrogens (tertiary/aromatic N) is 2. The number of aromatic nitrogens is 2. The Kier molecular flexibility index (Phi) is 6.30. The van der Waals surface area contributed by atoms with Crippen LogP contribution in [0.2, 0.25) is 5.02 Å². The Balaban J connectivity index is 1.69. The van der Waals surface area contributed by atoms with Gasteiger partial charge in [-0.15, -0.1) is 0 Å². The van der Waals surface area contributed by atoms with E-state index in [-0.39, 0.29) is 5.82 Å². The van der Waals surface area contributed by atoms with E-state index >= 15 is 0 Å². The Morgan fingerprint density at radius 2 is 2.00 bits per heavy atom. The molecule has 1 heterocycles. The lowest BCUT2D eigenvalue weighted by Crippen LogP contribution is -2.20. The van der Waals surface area contributed by atoms with Crippen molar-refractivity contribution >= 4 is 56.4 Å². The fourth-order valence-corrected chi connectivity index (χ4v) is 3.17. The molecular formula is C18H15BrClFN4OS. The summed E-state index contributed by atoms with van der Waals surface area (Å²) in [7, 11) is 1.57. The summed E-state index contributed by atoms with van der Waals surface area (Å²) in [6, 6.07) is 11.5. The topological polar surface area (TPSA) is 51.1 Å². The molecule has 0 bridgehead atoms. The number of rotatable bonds is 5. The van der Waals surface area contributed by atoms with Crippen molar-refractivity contribution in [3.05, 3.63) is 69.5 Å². The van der Waals surface area contributed by atoms with Gasteiger partial charge >= 0.3 is 0 Å². The molecule has 0 aliphatic heterocycles. The average Bonchev–Trinajstić information content (AvgIpc) is 2.96. The second-order valence-corrected chi connectivity index (χ2v) is 7.27. The van der Waals surface area contributed by atoms with Gasteiger partial charge in [-0.3, -0.25) is 4.68 Å². The second kappa shape index (κ2) is 8.69. The van der Waals surface area contributed by atoms with Crippen LogP contribution in [0.1, 0.15) is 5.56 Å². The quantitative estimate of drug-likeness (QED) is 0.496. The van der Waals surface area contributed by atoms with Gasteiger partial charge in [0, 0.05) is 11.2 Å². The van der Waals surface area contributed by atoms with Crippen LogP contribution < -0.4 is 15.4 Å². The zero-order valence-electron chi connectivity index (χ0n) is 14.2. The molecule has 0 atom stereocenters. The predicted molar refractivity (Wildman–Crippen MR) is 113 cm³/mol. The van der Waals surface area contributed by atoms with E-state index in [1.807, 2.05) is 6.20 Å². The minimum Gasteiger partial charge on any atom is -0.495 e. The zero-order valence-corrected chi connectivity index (χ0v) is 17.3. The molecule has 5 nitrogen and oxygen atoms in total. The fourth-order valence-electron chi connectivity index (χ4n) is 2.38. The van der Waals surface area contributed by atoms with Crippen LogP contribution in [0, 0.1) is 5.82 Å². The van der Waals surface area contributed by atoms with Crippen molar-refractivity contribution in [2.45, 2.75) is 6.54 Å². The van der Waals surface area contributed by atoms with Gasteiger partial charge in [0.1, 0.15) is 11.6 Å². The summed E-state index contributed by atoms with van der Waals surface area (Å²) in [6.45, 7) is 0.503. The number of ether oxygens (including phenoxy) is 1. The van der Waals surface area contributed by atoms with Crippen LogP contribution in [0.5, 0.6) is 5.75 Å².